The Morgan fingerprint density at radius 1 is 1.60 bits per heavy atom. The summed E-state index contributed by atoms with van der Waals surface area (Å²) in [6.07, 6.45) is -1.53. The van der Waals surface area contributed by atoms with E-state index in [2.05, 4.69) is 15.9 Å². The fraction of sp³-hybridized carbons (Fsp3) is 0.417. The number of aliphatic hydroxyl groups is 1. The lowest BCUT2D eigenvalue weighted by Crippen LogP contribution is -2.23. The topological polar surface area (TPSA) is 98.9 Å². The summed E-state index contributed by atoms with van der Waals surface area (Å²) in [5.74, 6) is -0.657. The number of rotatable bonds is 4. The van der Waals surface area contributed by atoms with Gasteiger partial charge in [0.05, 0.1) is 17.6 Å². The van der Waals surface area contributed by atoms with Gasteiger partial charge in [0.15, 0.2) is 6.10 Å². The summed E-state index contributed by atoms with van der Waals surface area (Å²) in [5.41, 5.74) is -0.0687. The number of nitrogens with zero attached hydrogens (tertiary/aromatic N) is 1. The van der Waals surface area contributed by atoms with Gasteiger partial charge >= 0.3 is 11.7 Å². The van der Waals surface area contributed by atoms with Crippen molar-refractivity contribution in [1.29, 1.82) is 0 Å². The second kappa shape index (κ2) is 5.76. The normalized spacial score (nSPS) is 19.6. The third kappa shape index (κ3) is 2.91. The molecule has 7 nitrogen and oxygen atoms in total. The molecule has 0 saturated carbocycles. The first-order chi connectivity index (χ1) is 9.40. The molecule has 1 fully saturated rings. The molecule has 0 amide bonds. The summed E-state index contributed by atoms with van der Waals surface area (Å²) < 4.78 is 10.6. The standard InChI is InChI=1S/C12H12BrNO6/c1-6(15)8-4-7(13)5-9(14(17)18)11(8)20-10-2-3-19-12(10)16/h4-6,10,15H,2-3H2,1H3/t6-,10?/m1/s1. The number of carbonyl (C=O) groups excluding carboxylic acids is 1. The van der Waals surface area contributed by atoms with Crippen LogP contribution in [-0.2, 0) is 9.53 Å². The van der Waals surface area contributed by atoms with Crippen molar-refractivity contribution in [3.05, 3.63) is 32.3 Å². The molecule has 1 heterocycles. The van der Waals surface area contributed by atoms with Crippen molar-refractivity contribution < 1.29 is 24.3 Å². The molecular weight excluding hydrogens is 334 g/mol. The molecule has 108 valence electrons. The van der Waals surface area contributed by atoms with Crippen molar-refractivity contribution in [1.82, 2.24) is 0 Å². The maximum Gasteiger partial charge on any atom is 0.347 e. The minimum absolute atomic E-state index is 0.1000. The molecule has 0 bridgehead atoms. The molecule has 20 heavy (non-hydrogen) atoms. The van der Waals surface area contributed by atoms with Gasteiger partial charge in [0.2, 0.25) is 5.75 Å². The highest BCUT2D eigenvalue weighted by molar-refractivity contribution is 9.10. The smallest absolute Gasteiger partial charge is 0.347 e. The monoisotopic (exact) mass is 345 g/mol. The average Bonchev–Trinajstić information content (AvgIpc) is 2.76. The van der Waals surface area contributed by atoms with Crippen LogP contribution in [0.25, 0.3) is 0 Å². The lowest BCUT2D eigenvalue weighted by molar-refractivity contribution is -0.386. The fourth-order valence-corrected chi connectivity index (χ4v) is 2.36. The van der Waals surface area contributed by atoms with Crippen LogP contribution in [0.4, 0.5) is 5.69 Å². The maximum absolute atomic E-state index is 11.4. The van der Waals surface area contributed by atoms with Crippen LogP contribution >= 0.6 is 15.9 Å². The summed E-state index contributed by atoms with van der Waals surface area (Å²) in [4.78, 5) is 21.9. The zero-order chi connectivity index (χ0) is 14.9. The minimum atomic E-state index is -0.973. The van der Waals surface area contributed by atoms with Gasteiger partial charge in [0.25, 0.3) is 0 Å². The Labute approximate surface area is 122 Å². The molecule has 0 radical (unpaired) electrons. The molecule has 1 aliphatic heterocycles. The number of aliphatic hydroxyl groups excluding tert-OH is 1. The maximum atomic E-state index is 11.4. The number of carbonyl (C=O) groups is 1. The van der Waals surface area contributed by atoms with Crippen molar-refractivity contribution in [2.75, 3.05) is 6.61 Å². The van der Waals surface area contributed by atoms with Crippen molar-refractivity contribution in [2.45, 2.75) is 25.6 Å². The average molecular weight is 346 g/mol. The summed E-state index contributed by atoms with van der Waals surface area (Å²) in [6.45, 7) is 1.68. The first-order valence-electron chi connectivity index (χ1n) is 5.89. The van der Waals surface area contributed by atoms with Crippen LogP contribution in [0.15, 0.2) is 16.6 Å². The Kier molecular flexibility index (Phi) is 4.24. The van der Waals surface area contributed by atoms with Crippen molar-refractivity contribution in [2.24, 2.45) is 0 Å². The van der Waals surface area contributed by atoms with Gasteiger partial charge in [-0.3, -0.25) is 10.1 Å². The number of esters is 1. The number of nitro groups is 1. The molecule has 2 rings (SSSR count). The van der Waals surface area contributed by atoms with Crippen molar-refractivity contribution in [3.8, 4) is 5.75 Å². The predicted molar refractivity (Wildman–Crippen MR) is 71.4 cm³/mol. The molecule has 0 aromatic heterocycles. The first-order valence-corrected chi connectivity index (χ1v) is 6.68. The number of ether oxygens (including phenoxy) is 2. The van der Waals surface area contributed by atoms with Gasteiger partial charge in [-0.2, -0.15) is 0 Å². The van der Waals surface area contributed by atoms with Crippen LogP contribution in [0.1, 0.15) is 25.0 Å². The molecule has 8 heteroatoms. The Morgan fingerprint density at radius 3 is 2.80 bits per heavy atom. The number of hydrogen-bond donors (Lipinski definition) is 1. The van der Waals surface area contributed by atoms with Gasteiger partial charge < -0.3 is 14.6 Å². The van der Waals surface area contributed by atoms with E-state index in [1.807, 2.05) is 0 Å². The number of cyclic esters (lactones) is 1. The summed E-state index contributed by atoms with van der Waals surface area (Å²) in [5, 5.41) is 20.8. The van der Waals surface area contributed by atoms with Crippen LogP contribution in [0, 0.1) is 10.1 Å². The van der Waals surface area contributed by atoms with Crippen LogP contribution in [0.5, 0.6) is 5.75 Å². The van der Waals surface area contributed by atoms with Gasteiger partial charge in [0.1, 0.15) is 0 Å². The number of hydrogen-bond acceptors (Lipinski definition) is 6. The van der Waals surface area contributed by atoms with E-state index in [9.17, 15) is 20.0 Å². The third-order valence-electron chi connectivity index (χ3n) is 2.86. The molecule has 0 aliphatic carbocycles. The van der Waals surface area contributed by atoms with Crippen LogP contribution in [-0.4, -0.2) is 28.7 Å². The van der Waals surface area contributed by atoms with E-state index in [0.717, 1.165) is 0 Å². The summed E-state index contributed by atoms with van der Waals surface area (Å²) in [7, 11) is 0. The van der Waals surface area contributed by atoms with E-state index in [4.69, 9.17) is 9.47 Å². The predicted octanol–water partition coefficient (Wildman–Crippen LogP) is 2.10. The molecule has 1 aromatic rings. The van der Waals surface area contributed by atoms with Gasteiger partial charge in [-0.05, 0) is 13.0 Å². The Bertz CT molecular complexity index is 559. The lowest BCUT2D eigenvalue weighted by atomic mass is 10.1. The van der Waals surface area contributed by atoms with Gasteiger partial charge in [-0.15, -0.1) is 0 Å². The van der Waals surface area contributed by atoms with Crippen LogP contribution in [0.3, 0.4) is 0 Å². The van der Waals surface area contributed by atoms with Crippen molar-refractivity contribution >= 4 is 27.6 Å². The highest BCUT2D eigenvalue weighted by atomic mass is 79.9. The third-order valence-corrected chi connectivity index (χ3v) is 3.31. The second-order valence-electron chi connectivity index (χ2n) is 4.34. The minimum Gasteiger partial charge on any atom is -0.471 e. The molecule has 1 N–H and O–H groups in total. The van der Waals surface area contributed by atoms with E-state index >= 15 is 0 Å². The molecule has 0 spiro atoms. The van der Waals surface area contributed by atoms with Crippen LogP contribution in [0.2, 0.25) is 0 Å². The van der Waals surface area contributed by atoms with Gasteiger partial charge in [0, 0.05) is 22.5 Å². The molecule has 1 saturated heterocycles. The molecular formula is C12H12BrNO6. The number of benzene rings is 1. The summed E-state index contributed by atoms with van der Waals surface area (Å²) >= 11 is 3.15. The Hall–Kier alpha value is -1.67. The van der Waals surface area contributed by atoms with E-state index in [0.29, 0.717) is 10.9 Å². The van der Waals surface area contributed by atoms with E-state index in [1.165, 1.54) is 19.1 Å². The SMILES string of the molecule is C[C@@H](O)c1cc(Br)cc([N+](=O)[O-])c1OC1CCOC1=O. The molecule has 2 atom stereocenters. The van der Waals surface area contributed by atoms with Crippen molar-refractivity contribution in [3.63, 3.8) is 0 Å². The largest absolute Gasteiger partial charge is 0.471 e. The zero-order valence-corrected chi connectivity index (χ0v) is 12.1. The number of nitro benzene ring substituents is 1. The molecule has 1 unspecified atom stereocenters. The highest BCUT2D eigenvalue weighted by Crippen LogP contribution is 2.39. The molecule has 1 aliphatic rings. The lowest BCUT2D eigenvalue weighted by Gasteiger charge is -2.16. The number of halogens is 1. The van der Waals surface area contributed by atoms with Crippen LogP contribution < -0.4 is 4.74 Å². The fourth-order valence-electron chi connectivity index (χ4n) is 1.90. The second-order valence-corrected chi connectivity index (χ2v) is 5.25. The molecule has 1 aromatic carbocycles. The summed E-state index contributed by atoms with van der Waals surface area (Å²) in [6, 6.07) is 2.79. The quantitative estimate of drug-likeness (QED) is 0.509. The van der Waals surface area contributed by atoms with E-state index in [-0.39, 0.29) is 23.6 Å². The Balaban J connectivity index is 2.47. The van der Waals surface area contributed by atoms with E-state index in [1.54, 1.807) is 0 Å². The van der Waals surface area contributed by atoms with Gasteiger partial charge in [-0.1, -0.05) is 15.9 Å². The van der Waals surface area contributed by atoms with E-state index < -0.39 is 23.1 Å². The first kappa shape index (κ1) is 14.7. The highest BCUT2D eigenvalue weighted by Gasteiger charge is 2.33. The van der Waals surface area contributed by atoms with Gasteiger partial charge in [-0.25, -0.2) is 4.79 Å². The Morgan fingerprint density at radius 2 is 2.30 bits per heavy atom. The zero-order valence-electron chi connectivity index (χ0n) is 10.5.